The quantitative estimate of drug-likeness (QED) is 0.783. The molecular weight excluding hydrogens is 240 g/mol. The summed E-state index contributed by atoms with van der Waals surface area (Å²) >= 11 is 0. The van der Waals surface area contributed by atoms with E-state index in [2.05, 4.69) is 28.6 Å². The highest BCUT2D eigenvalue weighted by atomic mass is 16.1. The second kappa shape index (κ2) is 4.62. The average Bonchev–Trinajstić information content (AvgIpc) is 2.87. The van der Waals surface area contributed by atoms with Crippen LogP contribution < -0.4 is 0 Å². The van der Waals surface area contributed by atoms with Crippen LogP contribution in [0.1, 0.15) is 63.1 Å². The van der Waals surface area contributed by atoms with E-state index in [1.807, 2.05) is 11.8 Å². The number of piperidine rings is 1. The smallest absolute Gasteiger partial charge is 0.210 e. The van der Waals surface area contributed by atoms with Gasteiger partial charge in [0.1, 0.15) is 11.6 Å². The summed E-state index contributed by atoms with van der Waals surface area (Å²) < 4.78 is 2.32. The zero-order valence-corrected chi connectivity index (χ0v) is 11.9. The largest absolute Gasteiger partial charge is 0.339 e. The lowest BCUT2D eigenvalue weighted by atomic mass is 9.97. The van der Waals surface area contributed by atoms with Gasteiger partial charge >= 0.3 is 0 Å². The van der Waals surface area contributed by atoms with Gasteiger partial charge in [0.2, 0.25) is 6.41 Å². The van der Waals surface area contributed by atoms with E-state index in [9.17, 15) is 4.79 Å². The van der Waals surface area contributed by atoms with Crippen molar-refractivity contribution in [3.63, 3.8) is 0 Å². The molecule has 1 aromatic rings. The lowest BCUT2D eigenvalue weighted by molar-refractivity contribution is -0.122. The Bertz CT molecular complexity index is 468. The minimum Gasteiger partial charge on any atom is -0.339 e. The number of aromatic nitrogens is 3. The molecule has 0 aromatic carbocycles. The van der Waals surface area contributed by atoms with E-state index in [1.165, 1.54) is 0 Å². The standard InChI is InChI=1S/C14H22N4O/c1-9(2)14-16-15-10(3)18(14)13-6-11-4-5-12(7-13)17(11)8-19/h8-9,11-13H,4-7H2,1-3H3. The fourth-order valence-electron chi connectivity index (χ4n) is 3.80. The van der Waals surface area contributed by atoms with Crippen LogP contribution in [0.5, 0.6) is 0 Å². The van der Waals surface area contributed by atoms with Gasteiger partial charge in [-0.05, 0) is 32.6 Å². The third-order valence-electron chi connectivity index (χ3n) is 4.66. The Labute approximate surface area is 114 Å². The van der Waals surface area contributed by atoms with Crippen molar-refractivity contribution >= 4 is 6.41 Å². The molecule has 2 bridgehead atoms. The number of fused-ring (bicyclic) bond motifs is 2. The SMILES string of the molecule is Cc1nnc(C(C)C)n1C1CC2CCC(C1)N2C=O. The summed E-state index contributed by atoms with van der Waals surface area (Å²) in [5, 5.41) is 8.58. The molecule has 1 aromatic heterocycles. The lowest BCUT2D eigenvalue weighted by Crippen LogP contribution is -2.42. The number of hydrogen-bond acceptors (Lipinski definition) is 3. The maximum Gasteiger partial charge on any atom is 0.210 e. The second-order valence-corrected chi connectivity index (χ2v) is 6.19. The van der Waals surface area contributed by atoms with E-state index in [0.29, 0.717) is 24.0 Å². The summed E-state index contributed by atoms with van der Waals surface area (Å²) in [7, 11) is 0. The number of rotatable bonds is 3. The maximum atomic E-state index is 11.2. The number of carbonyl (C=O) groups excluding carboxylic acids is 1. The predicted octanol–water partition coefficient (Wildman–Crippen LogP) is 2.03. The molecule has 2 unspecified atom stereocenters. The van der Waals surface area contributed by atoms with E-state index >= 15 is 0 Å². The van der Waals surface area contributed by atoms with Gasteiger partial charge in [-0.3, -0.25) is 4.79 Å². The zero-order chi connectivity index (χ0) is 13.6. The van der Waals surface area contributed by atoms with Crippen LogP contribution >= 0.6 is 0 Å². The van der Waals surface area contributed by atoms with Crippen LogP contribution in [-0.2, 0) is 4.79 Å². The van der Waals surface area contributed by atoms with E-state index in [-0.39, 0.29) is 0 Å². The molecule has 0 N–H and O–H groups in total. The van der Waals surface area contributed by atoms with Crippen LogP contribution in [-0.4, -0.2) is 38.2 Å². The summed E-state index contributed by atoms with van der Waals surface area (Å²) in [6.07, 6.45) is 5.44. The molecule has 3 heterocycles. The van der Waals surface area contributed by atoms with Crippen LogP contribution in [0.2, 0.25) is 0 Å². The van der Waals surface area contributed by atoms with Gasteiger partial charge in [-0.25, -0.2) is 0 Å². The van der Waals surface area contributed by atoms with Gasteiger partial charge in [-0.15, -0.1) is 10.2 Å². The molecule has 2 fully saturated rings. The van der Waals surface area contributed by atoms with Gasteiger partial charge in [0.05, 0.1) is 0 Å². The number of aryl methyl sites for hydroxylation is 1. The molecule has 3 rings (SSSR count). The van der Waals surface area contributed by atoms with Crippen molar-refractivity contribution < 1.29 is 4.79 Å². The fourth-order valence-corrected chi connectivity index (χ4v) is 3.80. The summed E-state index contributed by atoms with van der Waals surface area (Å²) in [6.45, 7) is 6.36. The molecule has 0 aliphatic carbocycles. The van der Waals surface area contributed by atoms with Crippen LogP contribution in [0.3, 0.4) is 0 Å². The van der Waals surface area contributed by atoms with E-state index in [0.717, 1.165) is 43.7 Å². The third-order valence-corrected chi connectivity index (χ3v) is 4.66. The van der Waals surface area contributed by atoms with Crippen molar-refractivity contribution in [2.75, 3.05) is 0 Å². The summed E-state index contributed by atoms with van der Waals surface area (Å²) in [5.74, 6) is 2.48. The van der Waals surface area contributed by atoms with Gasteiger partial charge in [-0.1, -0.05) is 13.8 Å². The predicted molar refractivity (Wildman–Crippen MR) is 71.8 cm³/mol. The lowest BCUT2D eigenvalue weighted by Gasteiger charge is -2.37. The maximum absolute atomic E-state index is 11.2. The highest BCUT2D eigenvalue weighted by molar-refractivity contribution is 5.49. The molecule has 2 aliphatic heterocycles. The third kappa shape index (κ3) is 1.95. The molecule has 0 saturated carbocycles. The molecule has 2 atom stereocenters. The molecule has 104 valence electrons. The fraction of sp³-hybridized carbons (Fsp3) is 0.786. The Kier molecular flexibility index (Phi) is 3.07. The Morgan fingerprint density at radius 3 is 2.32 bits per heavy atom. The van der Waals surface area contributed by atoms with Gasteiger partial charge in [-0.2, -0.15) is 0 Å². The van der Waals surface area contributed by atoms with Crippen molar-refractivity contribution in [2.24, 2.45) is 0 Å². The molecule has 0 spiro atoms. The molecule has 5 heteroatoms. The Morgan fingerprint density at radius 1 is 1.16 bits per heavy atom. The van der Waals surface area contributed by atoms with Crippen molar-refractivity contribution in [1.82, 2.24) is 19.7 Å². The van der Waals surface area contributed by atoms with Crippen LogP contribution in [0.25, 0.3) is 0 Å². The molecule has 2 saturated heterocycles. The minimum absolute atomic E-state index is 0.392. The Morgan fingerprint density at radius 2 is 1.79 bits per heavy atom. The summed E-state index contributed by atoms with van der Waals surface area (Å²) in [5.41, 5.74) is 0. The Balaban J connectivity index is 1.89. The monoisotopic (exact) mass is 262 g/mol. The van der Waals surface area contributed by atoms with Crippen molar-refractivity contribution in [1.29, 1.82) is 0 Å². The average molecular weight is 262 g/mol. The van der Waals surface area contributed by atoms with Gasteiger partial charge < -0.3 is 9.47 Å². The van der Waals surface area contributed by atoms with Crippen LogP contribution in [0, 0.1) is 6.92 Å². The highest BCUT2D eigenvalue weighted by Crippen LogP contribution is 2.41. The van der Waals surface area contributed by atoms with Crippen LogP contribution in [0.4, 0.5) is 0 Å². The first-order valence-corrected chi connectivity index (χ1v) is 7.26. The first-order valence-electron chi connectivity index (χ1n) is 7.26. The molecule has 5 nitrogen and oxygen atoms in total. The molecular formula is C14H22N4O. The van der Waals surface area contributed by atoms with E-state index in [4.69, 9.17) is 0 Å². The molecule has 2 aliphatic rings. The normalized spacial score (nSPS) is 30.1. The van der Waals surface area contributed by atoms with Crippen molar-refractivity contribution in [3.8, 4) is 0 Å². The summed E-state index contributed by atoms with van der Waals surface area (Å²) in [6, 6.07) is 1.30. The highest BCUT2D eigenvalue weighted by Gasteiger charge is 2.41. The van der Waals surface area contributed by atoms with Crippen molar-refractivity contribution in [2.45, 2.75) is 70.5 Å². The van der Waals surface area contributed by atoms with Crippen molar-refractivity contribution in [3.05, 3.63) is 11.6 Å². The first-order chi connectivity index (χ1) is 9.11. The molecule has 0 radical (unpaired) electrons. The number of hydrogen-bond donors (Lipinski definition) is 0. The van der Waals surface area contributed by atoms with Crippen LogP contribution in [0.15, 0.2) is 0 Å². The number of nitrogens with zero attached hydrogens (tertiary/aromatic N) is 4. The molecule has 1 amide bonds. The van der Waals surface area contributed by atoms with Gasteiger partial charge in [0.25, 0.3) is 0 Å². The Hall–Kier alpha value is -1.39. The topological polar surface area (TPSA) is 51.0 Å². The minimum atomic E-state index is 0.392. The zero-order valence-electron chi connectivity index (χ0n) is 11.9. The van der Waals surface area contributed by atoms with Gasteiger partial charge in [0, 0.05) is 24.0 Å². The number of amides is 1. The summed E-state index contributed by atoms with van der Waals surface area (Å²) in [4.78, 5) is 13.2. The van der Waals surface area contributed by atoms with E-state index < -0.39 is 0 Å². The van der Waals surface area contributed by atoms with E-state index in [1.54, 1.807) is 0 Å². The number of carbonyl (C=O) groups is 1. The molecule has 19 heavy (non-hydrogen) atoms. The second-order valence-electron chi connectivity index (χ2n) is 6.19. The van der Waals surface area contributed by atoms with Gasteiger partial charge in [0.15, 0.2) is 0 Å². The first kappa shape index (κ1) is 12.6.